The van der Waals surface area contributed by atoms with Crippen molar-refractivity contribution < 1.29 is 0 Å². The van der Waals surface area contributed by atoms with E-state index in [-0.39, 0.29) is 0 Å². The van der Waals surface area contributed by atoms with Crippen molar-refractivity contribution in [1.29, 1.82) is 0 Å². The molecule has 1 heterocycles. The molecule has 0 radical (unpaired) electrons. The lowest BCUT2D eigenvalue weighted by atomic mass is 10.1. The molecule has 5 heteroatoms. The van der Waals surface area contributed by atoms with Crippen LogP contribution in [0.4, 0.5) is 0 Å². The summed E-state index contributed by atoms with van der Waals surface area (Å²) in [5, 5.41) is 11.7. The van der Waals surface area contributed by atoms with Crippen molar-refractivity contribution >= 4 is 5.70 Å². The minimum atomic E-state index is 0.692. The Hall–Kier alpha value is -3.78. The number of aromatic nitrogens is 3. The molecule has 0 aliphatic rings. The lowest BCUT2D eigenvalue weighted by Crippen LogP contribution is -2.16. The van der Waals surface area contributed by atoms with Gasteiger partial charge < -0.3 is 11.1 Å². The average Bonchev–Trinajstić information content (AvgIpc) is 3.18. The normalized spacial score (nSPS) is 10.6. The first-order valence-electron chi connectivity index (χ1n) is 12.0. The molecule has 0 aliphatic carbocycles. The first-order valence-corrected chi connectivity index (χ1v) is 12.0. The Morgan fingerprint density at radius 1 is 1.11 bits per heavy atom. The number of hydrogen-bond donors (Lipinski definition) is 2. The standard InChI is InChI=1S/C24H34N4.C3H4.C2H5N.C2H6/c1-11-18(5)19(6)13-12-17(4)15-25-21(8)20(7)14-24(16(2)3)28-23(10)22(9)26-27-28;1-3-2;1-2-3;1-2/h12-14,25H,2,5,7-8,11,15H2,1,3-4,6,9-10H3;1H,2H3;2H,1,3H2;1-2H3/b17-12+,19-13+,24-14-;;;. The van der Waals surface area contributed by atoms with E-state index in [0.717, 1.165) is 45.9 Å². The van der Waals surface area contributed by atoms with Gasteiger partial charge in [-0.05, 0) is 77.0 Å². The highest BCUT2D eigenvalue weighted by Crippen LogP contribution is 2.20. The second-order valence-electron chi connectivity index (χ2n) is 7.68. The molecule has 0 spiro atoms. The second-order valence-corrected chi connectivity index (χ2v) is 7.68. The Morgan fingerprint density at radius 3 is 2.00 bits per heavy atom. The first kappa shape index (κ1) is 36.8. The monoisotopic (exact) mass is 491 g/mol. The van der Waals surface area contributed by atoms with Crippen molar-refractivity contribution in [3.63, 3.8) is 0 Å². The minimum Gasteiger partial charge on any atom is -0.405 e. The molecule has 0 saturated heterocycles. The van der Waals surface area contributed by atoms with Gasteiger partial charge in [-0.1, -0.05) is 82.2 Å². The zero-order valence-corrected chi connectivity index (χ0v) is 24.3. The lowest BCUT2D eigenvalue weighted by Gasteiger charge is -2.13. The summed E-state index contributed by atoms with van der Waals surface area (Å²) in [4.78, 5) is 0. The van der Waals surface area contributed by atoms with Gasteiger partial charge in [0.15, 0.2) is 0 Å². The van der Waals surface area contributed by atoms with Gasteiger partial charge >= 0.3 is 0 Å². The summed E-state index contributed by atoms with van der Waals surface area (Å²) in [6.07, 6.45) is 13.0. The van der Waals surface area contributed by atoms with Crippen LogP contribution in [0.25, 0.3) is 5.70 Å². The molecule has 0 aliphatic heterocycles. The highest BCUT2D eigenvalue weighted by molar-refractivity contribution is 5.67. The van der Waals surface area contributed by atoms with Gasteiger partial charge in [-0.2, -0.15) is 0 Å². The fraction of sp³-hybridized carbons (Fsp3) is 0.355. The van der Waals surface area contributed by atoms with Crippen molar-refractivity contribution in [2.45, 2.75) is 68.7 Å². The molecule has 0 bridgehead atoms. The summed E-state index contributed by atoms with van der Waals surface area (Å²) in [7, 11) is 0. The lowest BCUT2D eigenvalue weighted by molar-refractivity contribution is 0.798. The van der Waals surface area contributed by atoms with Crippen LogP contribution < -0.4 is 11.1 Å². The van der Waals surface area contributed by atoms with Crippen molar-refractivity contribution in [2.24, 2.45) is 5.73 Å². The van der Waals surface area contributed by atoms with Crippen molar-refractivity contribution in [2.75, 3.05) is 6.54 Å². The third-order valence-corrected chi connectivity index (χ3v) is 4.67. The molecule has 1 aromatic rings. The predicted octanol–water partition coefficient (Wildman–Crippen LogP) is 7.58. The van der Waals surface area contributed by atoms with Crippen molar-refractivity contribution in [1.82, 2.24) is 20.3 Å². The van der Waals surface area contributed by atoms with Crippen LogP contribution in [-0.2, 0) is 0 Å². The Bertz CT molecular complexity index is 1000. The molecule has 1 aromatic heterocycles. The van der Waals surface area contributed by atoms with E-state index < -0.39 is 0 Å². The smallest absolute Gasteiger partial charge is 0.0830 e. The van der Waals surface area contributed by atoms with Crippen LogP contribution in [0.5, 0.6) is 0 Å². The van der Waals surface area contributed by atoms with Crippen LogP contribution in [0.2, 0.25) is 0 Å². The molecule has 0 unspecified atom stereocenters. The molecule has 0 atom stereocenters. The molecule has 0 aromatic carbocycles. The van der Waals surface area contributed by atoms with E-state index in [1.165, 1.54) is 17.3 Å². The highest BCUT2D eigenvalue weighted by Gasteiger charge is 2.11. The predicted molar refractivity (Wildman–Crippen MR) is 162 cm³/mol. The summed E-state index contributed by atoms with van der Waals surface area (Å²) in [6, 6.07) is 0. The number of aryl methyl sites for hydroxylation is 1. The Morgan fingerprint density at radius 2 is 1.61 bits per heavy atom. The molecule has 0 amide bonds. The summed E-state index contributed by atoms with van der Waals surface area (Å²) >= 11 is 0. The summed E-state index contributed by atoms with van der Waals surface area (Å²) in [5.41, 5.74) is 13.3. The first-order chi connectivity index (χ1) is 16.9. The van der Waals surface area contributed by atoms with Crippen LogP contribution in [0.15, 0.2) is 90.9 Å². The van der Waals surface area contributed by atoms with E-state index in [0.29, 0.717) is 6.54 Å². The van der Waals surface area contributed by atoms with Gasteiger partial charge in [0.2, 0.25) is 0 Å². The molecule has 36 heavy (non-hydrogen) atoms. The molecule has 0 fully saturated rings. The van der Waals surface area contributed by atoms with Crippen LogP contribution in [-0.4, -0.2) is 21.5 Å². The maximum Gasteiger partial charge on any atom is 0.0830 e. The molecular formula is C31H49N5. The minimum absolute atomic E-state index is 0.692. The Balaban J connectivity index is -0.00000120. The Labute approximate surface area is 221 Å². The van der Waals surface area contributed by atoms with Crippen LogP contribution in [0.1, 0.15) is 66.3 Å². The van der Waals surface area contributed by atoms with E-state index in [1.54, 1.807) is 11.6 Å². The van der Waals surface area contributed by atoms with E-state index in [9.17, 15) is 0 Å². The number of nitrogens with one attached hydrogen (secondary N) is 1. The zero-order valence-electron chi connectivity index (χ0n) is 24.3. The van der Waals surface area contributed by atoms with E-state index >= 15 is 0 Å². The van der Waals surface area contributed by atoms with Gasteiger partial charge in [0.05, 0.1) is 17.1 Å². The number of nitrogens with two attached hydrogens (primary N) is 1. The third kappa shape index (κ3) is 15.2. The second kappa shape index (κ2) is 21.7. The molecule has 198 valence electrons. The van der Waals surface area contributed by atoms with Gasteiger partial charge in [0.1, 0.15) is 0 Å². The SMILES string of the molecule is C#CC.C=C(/C=C(/C(=C)C)n1nnc(C)c1C)C(=C)NC/C(C)=C/C=C(\C)C(=C)CC.C=CN.CC. The highest BCUT2D eigenvalue weighted by atomic mass is 15.4. The van der Waals surface area contributed by atoms with E-state index in [1.807, 2.05) is 40.7 Å². The average molecular weight is 492 g/mol. The van der Waals surface area contributed by atoms with Crippen LogP contribution in [0, 0.1) is 26.2 Å². The van der Waals surface area contributed by atoms with Crippen LogP contribution >= 0.6 is 0 Å². The number of hydrogen-bond acceptors (Lipinski definition) is 4. The van der Waals surface area contributed by atoms with Crippen molar-refractivity contribution in [3.05, 3.63) is 102 Å². The number of nitrogens with zero attached hydrogens (tertiary/aromatic N) is 3. The number of allylic oxidation sites excluding steroid dienone is 7. The van der Waals surface area contributed by atoms with Gasteiger partial charge in [-0.3, -0.25) is 0 Å². The fourth-order valence-corrected chi connectivity index (χ4v) is 2.33. The maximum atomic E-state index is 4.61. The van der Waals surface area contributed by atoms with Crippen LogP contribution in [0.3, 0.4) is 0 Å². The maximum absolute atomic E-state index is 4.61. The topological polar surface area (TPSA) is 68.8 Å². The molecule has 0 saturated carbocycles. The molecular weight excluding hydrogens is 442 g/mol. The Kier molecular flexibility index (Phi) is 22.2. The summed E-state index contributed by atoms with van der Waals surface area (Å²) in [6.45, 7) is 38.0. The largest absolute Gasteiger partial charge is 0.405 e. The van der Waals surface area contributed by atoms with Gasteiger partial charge in [0, 0.05) is 12.2 Å². The molecule has 3 N–H and O–H groups in total. The molecule has 1 rings (SSSR count). The van der Waals surface area contributed by atoms with Gasteiger partial charge in [-0.25, -0.2) is 4.68 Å². The summed E-state index contributed by atoms with van der Waals surface area (Å²) < 4.78 is 1.79. The quantitative estimate of drug-likeness (QED) is 0.261. The van der Waals surface area contributed by atoms with Crippen molar-refractivity contribution in [3.8, 4) is 12.3 Å². The zero-order chi connectivity index (χ0) is 28.8. The fourth-order valence-electron chi connectivity index (χ4n) is 2.33. The number of terminal acetylenes is 1. The third-order valence-electron chi connectivity index (χ3n) is 4.67. The van der Waals surface area contributed by atoms with Gasteiger partial charge in [-0.15, -0.1) is 17.4 Å². The molecule has 5 nitrogen and oxygen atoms in total. The van der Waals surface area contributed by atoms with E-state index in [4.69, 9.17) is 0 Å². The number of rotatable bonds is 10. The van der Waals surface area contributed by atoms with E-state index in [2.05, 4.69) is 99.5 Å². The van der Waals surface area contributed by atoms with Gasteiger partial charge in [0.25, 0.3) is 0 Å². The summed E-state index contributed by atoms with van der Waals surface area (Å²) in [5.74, 6) is 2.25.